The Labute approximate surface area is 127 Å². The summed E-state index contributed by atoms with van der Waals surface area (Å²) in [6.45, 7) is 9.44. The summed E-state index contributed by atoms with van der Waals surface area (Å²) in [6, 6.07) is -0.0811. The van der Waals surface area contributed by atoms with E-state index in [2.05, 4.69) is 19.2 Å². The fourth-order valence-corrected chi connectivity index (χ4v) is 3.60. The first-order valence-corrected chi connectivity index (χ1v) is 8.19. The van der Waals surface area contributed by atoms with Crippen LogP contribution >= 0.6 is 0 Å². The average Bonchev–Trinajstić information content (AvgIpc) is 2.34. The van der Waals surface area contributed by atoms with Gasteiger partial charge in [0.2, 0.25) is 0 Å². The maximum atomic E-state index is 12.8. The van der Waals surface area contributed by atoms with E-state index in [9.17, 15) is 13.2 Å². The molecule has 0 saturated heterocycles. The summed E-state index contributed by atoms with van der Waals surface area (Å²) in [4.78, 5) is 1.61. The summed E-state index contributed by atoms with van der Waals surface area (Å²) in [7, 11) is 0. The first kappa shape index (κ1) is 18.8. The Morgan fingerprint density at radius 2 is 2.00 bits per heavy atom. The molecule has 1 aliphatic carbocycles. The van der Waals surface area contributed by atoms with E-state index in [1.165, 1.54) is 6.42 Å². The first-order chi connectivity index (χ1) is 9.67. The zero-order valence-corrected chi connectivity index (χ0v) is 13.9. The normalized spacial score (nSPS) is 27.6. The molecule has 0 amide bonds. The second-order valence-corrected chi connectivity index (χ2v) is 7.10. The molecule has 0 aromatic carbocycles. The van der Waals surface area contributed by atoms with Crippen LogP contribution in [-0.2, 0) is 0 Å². The van der Waals surface area contributed by atoms with Gasteiger partial charge < -0.3 is 5.32 Å². The summed E-state index contributed by atoms with van der Waals surface area (Å²) < 4.78 is 38.4. The lowest BCUT2D eigenvalue weighted by atomic mass is 9.69. The summed E-state index contributed by atoms with van der Waals surface area (Å²) in [5, 5.41) is 3.38. The van der Waals surface area contributed by atoms with E-state index in [1.54, 1.807) is 4.90 Å². The van der Waals surface area contributed by atoms with Gasteiger partial charge in [-0.05, 0) is 44.6 Å². The molecule has 21 heavy (non-hydrogen) atoms. The van der Waals surface area contributed by atoms with Crippen LogP contribution in [0.1, 0.15) is 53.4 Å². The molecule has 2 nitrogen and oxygen atoms in total. The van der Waals surface area contributed by atoms with Crippen LogP contribution in [0.15, 0.2) is 0 Å². The van der Waals surface area contributed by atoms with Crippen molar-refractivity contribution in [2.45, 2.75) is 65.6 Å². The second kappa shape index (κ2) is 7.82. The van der Waals surface area contributed by atoms with E-state index in [1.807, 2.05) is 13.8 Å². The third kappa shape index (κ3) is 6.55. The van der Waals surface area contributed by atoms with Crippen LogP contribution in [0.3, 0.4) is 0 Å². The van der Waals surface area contributed by atoms with E-state index in [0.29, 0.717) is 12.5 Å². The Morgan fingerprint density at radius 3 is 2.48 bits per heavy atom. The Bertz CT molecular complexity index is 304. The van der Waals surface area contributed by atoms with Crippen molar-refractivity contribution in [3.05, 3.63) is 0 Å². The highest BCUT2D eigenvalue weighted by Gasteiger charge is 2.39. The van der Waals surface area contributed by atoms with Crippen LogP contribution in [0.5, 0.6) is 0 Å². The number of nitrogens with zero attached hydrogens (tertiary/aromatic N) is 1. The van der Waals surface area contributed by atoms with E-state index >= 15 is 0 Å². The maximum absolute atomic E-state index is 12.8. The van der Waals surface area contributed by atoms with E-state index < -0.39 is 12.7 Å². The van der Waals surface area contributed by atoms with Crippen LogP contribution in [0.2, 0.25) is 0 Å². The van der Waals surface area contributed by atoms with Crippen molar-refractivity contribution >= 4 is 0 Å². The topological polar surface area (TPSA) is 15.3 Å². The highest BCUT2D eigenvalue weighted by molar-refractivity contribution is 4.91. The fraction of sp³-hybridized carbons (Fsp3) is 1.00. The van der Waals surface area contributed by atoms with Gasteiger partial charge in [-0.25, -0.2) is 0 Å². The van der Waals surface area contributed by atoms with E-state index in [-0.39, 0.29) is 11.5 Å². The molecule has 0 aromatic rings. The summed E-state index contributed by atoms with van der Waals surface area (Å²) in [6.07, 6.45) is 0.274. The number of rotatable bonds is 7. The van der Waals surface area contributed by atoms with Crippen LogP contribution in [0.25, 0.3) is 0 Å². The minimum Gasteiger partial charge on any atom is -0.316 e. The Kier molecular flexibility index (Phi) is 6.98. The molecule has 1 saturated carbocycles. The smallest absolute Gasteiger partial charge is 0.316 e. The standard InChI is InChI=1S/C16H31F3N2/c1-5-20-10-15(8-6-7-14(4)9-15)11-21(13(2)3)12-16(17,18)19/h13-14,20H,5-12H2,1-4H3. The van der Waals surface area contributed by atoms with Gasteiger partial charge in [0, 0.05) is 19.1 Å². The third-order valence-electron chi connectivity index (χ3n) is 4.59. The van der Waals surface area contributed by atoms with Gasteiger partial charge in [-0.15, -0.1) is 0 Å². The van der Waals surface area contributed by atoms with Crippen LogP contribution < -0.4 is 5.32 Å². The number of halogens is 3. The minimum absolute atomic E-state index is 0.0107. The van der Waals surface area contributed by atoms with Gasteiger partial charge in [0.25, 0.3) is 0 Å². The molecule has 1 N–H and O–H groups in total. The average molecular weight is 308 g/mol. The van der Waals surface area contributed by atoms with Crippen molar-refractivity contribution in [3.8, 4) is 0 Å². The number of hydrogen-bond donors (Lipinski definition) is 1. The van der Waals surface area contributed by atoms with Gasteiger partial charge in [0.15, 0.2) is 0 Å². The number of alkyl halides is 3. The van der Waals surface area contributed by atoms with Crippen molar-refractivity contribution in [2.75, 3.05) is 26.2 Å². The Hall–Kier alpha value is -0.290. The van der Waals surface area contributed by atoms with Crippen molar-refractivity contribution in [1.29, 1.82) is 0 Å². The summed E-state index contributed by atoms with van der Waals surface area (Å²) in [5.41, 5.74) is -0.0107. The van der Waals surface area contributed by atoms with Crippen LogP contribution in [0, 0.1) is 11.3 Å². The molecule has 0 heterocycles. The quantitative estimate of drug-likeness (QED) is 0.763. The highest BCUT2D eigenvalue weighted by Crippen LogP contribution is 2.40. The maximum Gasteiger partial charge on any atom is 0.401 e. The first-order valence-electron chi connectivity index (χ1n) is 8.19. The summed E-state index contributed by atoms with van der Waals surface area (Å²) in [5.74, 6) is 0.609. The molecule has 0 bridgehead atoms. The highest BCUT2D eigenvalue weighted by atomic mass is 19.4. The summed E-state index contributed by atoms with van der Waals surface area (Å²) >= 11 is 0. The Balaban J connectivity index is 2.81. The van der Waals surface area contributed by atoms with Crippen molar-refractivity contribution in [1.82, 2.24) is 10.2 Å². The van der Waals surface area contributed by atoms with Crippen LogP contribution in [0.4, 0.5) is 13.2 Å². The zero-order chi connectivity index (χ0) is 16.1. The van der Waals surface area contributed by atoms with Crippen LogP contribution in [-0.4, -0.2) is 43.3 Å². The van der Waals surface area contributed by atoms with Gasteiger partial charge in [-0.3, -0.25) is 4.90 Å². The number of hydrogen-bond acceptors (Lipinski definition) is 2. The molecule has 0 radical (unpaired) electrons. The van der Waals surface area contributed by atoms with Gasteiger partial charge >= 0.3 is 6.18 Å². The van der Waals surface area contributed by atoms with Gasteiger partial charge in [-0.2, -0.15) is 13.2 Å². The second-order valence-electron chi connectivity index (χ2n) is 7.10. The largest absolute Gasteiger partial charge is 0.401 e. The molecule has 2 atom stereocenters. The van der Waals surface area contributed by atoms with Crippen molar-refractivity contribution in [2.24, 2.45) is 11.3 Å². The molecule has 126 valence electrons. The molecule has 2 unspecified atom stereocenters. The molecule has 0 aliphatic heterocycles. The van der Waals surface area contributed by atoms with E-state index in [4.69, 9.17) is 0 Å². The predicted octanol–water partition coefficient (Wildman–Crippen LogP) is 4.07. The molecular weight excluding hydrogens is 277 g/mol. The molecule has 0 spiro atoms. The lowest BCUT2D eigenvalue weighted by Crippen LogP contribution is -2.50. The SMILES string of the molecule is CCNCC1(CN(CC(F)(F)F)C(C)C)CCCC(C)C1. The van der Waals surface area contributed by atoms with Gasteiger partial charge in [0.05, 0.1) is 6.54 Å². The molecule has 0 aromatic heterocycles. The van der Waals surface area contributed by atoms with E-state index in [0.717, 1.165) is 32.4 Å². The minimum atomic E-state index is -4.12. The van der Waals surface area contributed by atoms with Crippen molar-refractivity contribution < 1.29 is 13.2 Å². The molecule has 1 rings (SSSR count). The lowest BCUT2D eigenvalue weighted by Gasteiger charge is -2.44. The molecular formula is C16H31F3N2. The molecule has 1 fully saturated rings. The fourth-order valence-electron chi connectivity index (χ4n) is 3.60. The lowest BCUT2D eigenvalue weighted by molar-refractivity contribution is -0.154. The van der Waals surface area contributed by atoms with Gasteiger partial charge in [-0.1, -0.05) is 26.7 Å². The third-order valence-corrected chi connectivity index (χ3v) is 4.59. The predicted molar refractivity (Wildman–Crippen MR) is 81.4 cm³/mol. The molecule has 5 heteroatoms. The van der Waals surface area contributed by atoms with Gasteiger partial charge in [0.1, 0.15) is 0 Å². The zero-order valence-electron chi connectivity index (χ0n) is 13.9. The van der Waals surface area contributed by atoms with Crippen molar-refractivity contribution in [3.63, 3.8) is 0 Å². The Morgan fingerprint density at radius 1 is 1.33 bits per heavy atom. The number of nitrogens with one attached hydrogen (secondary N) is 1. The molecule has 1 aliphatic rings. The monoisotopic (exact) mass is 308 g/mol.